The highest BCUT2D eigenvalue weighted by molar-refractivity contribution is 5.78. The van der Waals surface area contributed by atoms with Gasteiger partial charge in [-0.2, -0.15) is 0 Å². The third-order valence-electron chi connectivity index (χ3n) is 1.73. The van der Waals surface area contributed by atoms with Crippen LogP contribution in [0.25, 0.3) is 0 Å². The number of carbonyl (C=O) groups excluding carboxylic acids is 1. The van der Waals surface area contributed by atoms with Crippen LogP contribution in [0.2, 0.25) is 0 Å². The van der Waals surface area contributed by atoms with E-state index in [9.17, 15) is 4.79 Å². The molecule has 0 saturated carbocycles. The molecule has 0 fully saturated rings. The normalized spacial score (nSPS) is 11.8. The molecular weight excluding hydrogens is 196 g/mol. The van der Waals surface area contributed by atoms with Crippen molar-refractivity contribution in [1.29, 1.82) is 0 Å². The van der Waals surface area contributed by atoms with Gasteiger partial charge in [-0.1, -0.05) is 5.92 Å². The molecule has 5 nitrogen and oxygen atoms in total. The fraction of sp³-hybridized carbons (Fsp3) is 0.700. The minimum absolute atomic E-state index is 0.108. The van der Waals surface area contributed by atoms with E-state index in [-0.39, 0.29) is 18.6 Å². The topological polar surface area (TPSA) is 59.6 Å². The van der Waals surface area contributed by atoms with Crippen molar-refractivity contribution in [3.8, 4) is 12.3 Å². The molecule has 5 heteroatoms. The lowest BCUT2D eigenvalue weighted by atomic mass is 10.3. The van der Waals surface area contributed by atoms with Crippen molar-refractivity contribution in [2.24, 2.45) is 0 Å². The minimum atomic E-state index is -0.119. The Morgan fingerprint density at radius 1 is 1.53 bits per heavy atom. The molecule has 15 heavy (non-hydrogen) atoms. The Morgan fingerprint density at radius 3 is 2.80 bits per heavy atom. The number of rotatable bonds is 8. The van der Waals surface area contributed by atoms with Crippen molar-refractivity contribution >= 4 is 5.91 Å². The molecule has 0 aromatic rings. The third kappa shape index (κ3) is 7.94. The lowest BCUT2D eigenvalue weighted by molar-refractivity contribution is -0.120. The number of methoxy groups -OCH3 is 2. The first-order valence-corrected chi connectivity index (χ1v) is 4.67. The van der Waals surface area contributed by atoms with Crippen LogP contribution in [0, 0.1) is 12.3 Å². The van der Waals surface area contributed by atoms with Crippen LogP contribution in [0.5, 0.6) is 0 Å². The summed E-state index contributed by atoms with van der Waals surface area (Å²) in [6.45, 7) is 1.49. The van der Waals surface area contributed by atoms with Gasteiger partial charge in [0.05, 0.1) is 25.8 Å². The largest absolute Gasteiger partial charge is 0.382 e. The summed E-state index contributed by atoms with van der Waals surface area (Å²) < 4.78 is 9.98. The Hall–Kier alpha value is -1.09. The SMILES string of the molecule is C#CCNCC(=O)NCC(COC)OC. The Labute approximate surface area is 90.5 Å². The quantitative estimate of drug-likeness (QED) is 0.401. The first-order valence-electron chi connectivity index (χ1n) is 4.67. The van der Waals surface area contributed by atoms with E-state index in [1.54, 1.807) is 14.2 Å². The van der Waals surface area contributed by atoms with Gasteiger partial charge in [0, 0.05) is 20.8 Å². The molecule has 1 amide bonds. The zero-order chi connectivity index (χ0) is 11.5. The third-order valence-corrected chi connectivity index (χ3v) is 1.73. The summed E-state index contributed by atoms with van der Waals surface area (Å²) in [6, 6.07) is 0. The van der Waals surface area contributed by atoms with Gasteiger partial charge >= 0.3 is 0 Å². The predicted octanol–water partition coefficient (Wildman–Crippen LogP) is -1.01. The van der Waals surface area contributed by atoms with E-state index in [0.717, 1.165) is 0 Å². The van der Waals surface area contributed by atoms with Crippen LogP contribution in [-0.4, -0.2) is 52.5 Å². The Balaban J connectivity index is 3.55. The van der Waals surface area contributed by atoms with Crippen LogP contribution < -0.4 is 10.6 Å². The smallest absolute Gasteiger partial charge is 0.234 e. The van der Waals surface area contributed by atoms with Crippen molar-refractivity contribution in [2.45, 2.75) is 6.10 Å². The summed E-state index contributed by atoms with van der Waals surface area (Å²) >= 11 is 0. The maximum atomic E-state index is 11.2. The molecule has 1 unspecified atom stereocenters. The van der Waals surface area contributed by atoms with Crippen molar-refractivity contribution in [1.82, 2.24) is 10.6 Å². The highest BCUT2D eigenvalue weighted by Gasteiger charge is 2.08. The molecule has 0 aromatic carbocycles. The summed E-state index contributed by atoms with van der Waals surface area (Å²) in [5.41, 5.74) is 0. The average Bonchev–Trinajstić information content (AvgIpc) is 2.24. The predicted molar refractivity (Wildman–Crippen MR) is 57.4 cm³/mol. The van der Waals surface area contributed by atoms with Gasteiger partial charge in [-0.15, -0.1) is 6.42 Å². The van der Waals surface area contributed by atoms with Gasteiger partial charge in [-0.3, -0.25) is 10.1 Å². The van der Waals surface area contributed by atoms with Gasteiger partial charge in [0.2, 0.25) is 5.91 Å². The molecule has 0 aliphatic heterocycles. The molecule has 0 spiro atoms. The van der Waals surface area contributed by atoms with Crippen LogP contribution in [0.4, 0.5) is 0 Å². The zero-order valence-corrected chi connectivity index (χ0v) is 9.21. The molecule has 1 atom stereocenters. The molecule has 0 heterocycles. The first-order chi connectivity index (χ1) is 7.24. The summed E-state index contributed by atoms with van der Waals surface area (Å²) in [7, 11) is 3.16. The maximum absolute atomic E-state index is 11.2. The van der Waals surface area contributed by atoms with Gasteiger partial charge in [-0.25, -0.2) is 0 Å². The molecule has 0 aliphatic carbocycles. The van der Waals surface area contributed by atoms with Crippen LogP contribution in [0.1, 0.15) is 0 Å². The molecule has 0 rings (SSSR count). The lowest BCUT2D eigenvalue weighted by Crippen LogP contribution is -2.40. The van der Waals surface area contributed by atoms with E-state index in [4.69, 9.17) is 15.9 Å². The molecule has 2 N–H and O–H groups in total. The number of terminal acetylenes is 1. The fourth-order valence-corrected chi connectivity index (χ4v) is 0.935. The average molecular weight is 214 g/mol. The Bertz CT molecular complexity index is 213. The number of hydrogen-bond donors (Lipinski definition) is 2. The number of hydrogen-bond acceptors (Lipinski definition) is 4. The molecule has 0 saturated heterocycles. The van der Waals surface area contributed by atoms with E-state index in [1.807, 2.05) is 0 Å². The number of nitrogens with one attached hydrogen (secondary N) is 2. The molecule has 0 radical (unpaired) electrons. The number of amides is 1. The first kappa shape index (κ1) is 13.9. The summed E-state index contributed by atoms with van der Waals surface area (Å²) in [5, 5.41) is 5.49. The van der Waals surface area contributed by atoms with Crippen molar-refractivity contribution in [3.63, 3.8) is 0 Å². The second-order valence-electron chi connectivity index (χ2n) is 2.92. The summed E-state index contributed by atoms with van der Waals surface area (Å²) in [5.74, 6) is 2.28. The zero-order valence-electron chi connectivity index (χ0n) is 9.21. The van der Waals surface area contributed by atoms with Crippen LogP contribution in [-0.2, 0) is 14.3 Å². The van der Waals surface area contributed by atoms with Gasteiger partial charge in [0.1, 0.15) is 0 Å². The standard InChI is InChI=1S/C10H18N2O3/c1-4-5-11-7-10(13)12-6-9(15-3)8-14-2/h1,9,11H,5-8H2,2-3H3,(H,12,13). The second kappa shape index (κ2) is 9.46. The van der Waals surface area contributed by atoms with Gasteiger partial charge in [0.25, 0.3) is 0 Å². The molecule has 0 bridgehead atoms. The van der Waals surface area contributed by atoms with Gasteiger partial charge in [-0.05, 0) is 0 Å². The summed E-state index contributed by atoms with van der Waals surface area (Å²) in [6.07, 6.45) is 4.90. The van der Waals surface area contributed by atoms with Crippen molar-refractivity contribution in [3.05, 3.63) is 0 Å². The van der Waals surface area contributed by atoms with Gasteiger partial charge < -0.3 is 14.8 Å². The van der Waals surface area contributed by atoms with Gasteiger partial charge in [0.15, 0.2) is 0 Å². The van der Waals surface area contributed by atoms with E-state index in [1.165, 1.54) is 0 Å². The number of ether oxygens (including phenoxy) is 2. The highest BCUT2D eigenvalue weighted by Crippen LogP contribution is 1.87. The lowest BCUT2D eigenvalue weighted by Gasteiger charge is -2.14. The van der Waals surface area contributed by atoms with E-state index >= 15 is 0 Å². The van der Waals surface area contributed by atoms with Crippen LogP contribution in [0.3, 0.4) is 0 Å². The highest BCUT2D eigenvalue weighted by atomic mass is 16.5. The second-order valence-corrected chi connectivity index (χ2v) is 2.92. The molecule has 0 aliphatic rings. The fourth-order valence-electron chi connectivity index (χ4n) is 0.935. The Morgan fingerprint density at radius 2 is 2.27 bits per heavy atom. The Kier molecular flexibility index (Phi) is 8.78. The van der Waals surface area contributed by atoms with E-state index in [2.05, 4.69) is 16.6 Å². The molecule has 0 aromatic heterocycles. The summed E-state index contributed by atoms with van der Waals surface area (Å²) in [4.78, 5) is 11.2. The minimum Gasteiger partial charge on any atom is -0.382 e. The molecular formula is C10H18N2O3. The van der Waals surface area contributed by atoms with Crippen molar-refractivity contribution in [2.75, 3.05) is 40.5 Å². The van der Waals surface area contributed by atoms with Crippen LogP contribution >= 0.6 is 0 Å². The monoisotopic (exact) mass is 214 g/mol. The van der Waals surface area contributed by atoms with E-state index in [0.29, 0.717) is 19.7 Å². The maximum Gasteiger partial charge on any atom is 0.234 e. The number of carbonyl (C=O) groups is 1. The van der Waals surface area contributed by atoms with Crippen molar-refractivity contribution < 1.29 is 14.3 Å². The van der Waals surface area contributed by atoms with Crippen LogP contribution in [0.15, 0.2) is 0 Å². The van der Waals surface area contributed by atoms with E-state index < -0.39 is 0 Å². The molecule has 86 valence electrons.